The number of alkyl halides is 3. The van der Waals surface area contributed by atoms with Crippen molar-refractivity contribution >= 4 is 34.2 Å². The van der Waals surface area contributed by atoms with Crippen LogP contribution in [0.2, 0.25) is 0 Å². The number of rotatable bonds is 10. The molecule has 5 rings (SSSR count). The molecule has 46 heavy (non-hydrogen) atoms. The van der Waals surface area contributed by atoms with Gasteiger partial charge in [0.05, 0.1) is 17.1 Å². The molecule has 1 atom stereocenters. The Labute approximate surface area is 263 Å². The van der Waals surface area contributed by atoms with Crippen LogP contribution in [0.15, 0.2) is 65.9 Å². The van der Waals surface area contributed by atoms with Gasteiger partial charge in [0.15, 0.2) is 28.4 Å². The molecule has 1 unspecified atom stereocenters. The van der Waals surface area contributed by atoms with E-state index in [2.05, 4.69) is 25.1 Å². The zero-order valence-electron chi connectivity index (χ0n) is 24.5. The predicted molar refractivity (Wildman–Crippen MR) is 161 cm³/mol. The first-order valence-electron chi connectivity index (χ1n) is 13.7. The summed E-state index contributed by atoms with van der Waals surface area (Å²) < 4.78 is 77.2. The number of aliphatic hydroxyl groups excluding tert-OH is 1. The van der Waals surface area contributed by atoms with Gasteiger partial charge in [-0.2, -0.15) is 0 Å². The van der Waals surface area contributed by atoms with Gasteiger partial charge in [0.1, 0.15) is 18.7 Å². The lowest BCUT2D eigenvalue weighted by Gasteiger charge is -2.23. The van der Waals surface area contributed by atoms with Crippen LogP contribution in [0.1, 0.15) is 36.7 Å². The normalized spacial score (nSPS) is 15.1. The number of carbonyl (C=O) groups excluding carboxylic acids is 1. The SMILES string of the molecule is Cc1ccc(C(C)C)c(N2C(=O)CSC2=NC(O)Nc2cc(F)c(OCc3ncn(-c4ccc(OC(F)(F)F)cc4)n3)c(F)c2)c1. The molecule has 1 aliphatic rings. The van der Waals surface area contributed by atoms with Crippen LogP contribution >= 0.6 is 11.8 Å². The lowest BCUT2D eigenvalue weighted by atomic mass is 9.99. The third-order valence-corrected chi connectivity index (χ3v) is 7.50. The molecule has 1 fully saturated rings. The zero-order chi connectivity index (χ0) is 33.2. The van der Waals surface area contributed by atoms with E-state index < -0.39 is 42.5 Å². The van der Waals surface area contributed by atoms with Crippen LogP contribution in [0.3, 0.4) is 0 Å². The van der Waals surface area contributed by atoms with Crippen molar-refractivity contribution in [1.82, 2.24) is 14.8 Å². The van der Waals surface area contributed by atoms with Gasteiger partial charge in [-0.1, -0.05) is 37.7 Å². The van der Waals surface area contributed by atoms with Gasteiger partial charge in [0, 0.05) is 17.8 Å². The minimum Gasteiger partial charge on any atom is -0.479 e. The molecule has 0 saturated carbocycles. The lowest BCUT2D eigenvalue weighted by molar-refractivity contribution is -0.274. The van der Waals surface area contributed by atoms with Gasteiger partial charge in [-0.3, -0.25) is 9.69 Å². The van der Waals surface area contributed by atoms with Gasteiger partial charge in [-0.25, -0.2) is 23.4 Å². The van der Waals surface area contributed by atoms with E-state index >= 15 is 0 Å². The Morgan fingerprint density at radius 2 is 1.78 bits per heavy atom. The molecule has 3 aromatic carbocycles. The van der Waals surface area contributed by atoms with Crippen molar-refractivity contribution in [2.24, 2.45) is 4.99 Å². The van der Waals surface area contributed by atoms with Crippen LogP contribution < -0.4 is 19.7 Å². The fraction of sp³-hybridized carbons (Fsp3) is 0.267. The largest absolute Gasteiger partial charge is 0.573 e. The van der Waals surface area contributed by atoms with Gasteiger partial charge in [0.2, 0.25) is 12.3 Å². The van der Waals surface area contributed by atoms with Crippen LogP contribution in [0.4, 0.5) is 33.3 Å². The minimum absolute atomic E-state index is 0.0327. The predicted octanol–water partition coefficient (Wildman–Crippen LogP) is 6.28. The summed E-state index contributed by atoms with van der Waals surface area (Å²) in [7, 11) is 0. The van der Waals surface area contributed by atoms with E-state index in [0.29, 0.717) is 11.4 Å². The third kappa shape index (κ3) is 7.74. The number of benzene rings is 3. The molecule has 2 N–H and O–H groups in total. The number of ether oxygens (including phenoxy) is 2. The van der Waals surface area contributed by atoms with Crippen molar-refractivity contribution < 1.29 is 41.3 Å². The summed E-state index contributed by atoms with van der Waals surface area (Å²) in [5, 5.41) is 17.4. The van der Waals surface area contributed by atoms with Crippen molar-refractivity contribution in [2.45, 2.75) is 46.0 Å². The maximum Gasteiger partial charge on any atom is 0.573 e. The molecular weight excluding hydrogens is 635 g/mol. The Balaban J connectivity index is 1.24. The number of nitrogens with one attached hydrogen (secondary N) is 1. The summed E-state index contributed by atoms with van der Waals surface area (Å²) >= 11 is 1.13. The fourth-order valence-electron chi connectivity index (χ4n) is 4.52. The summed E-state index contributed by atoms with van der Waals surface area (Å²) in [6.07, 6.45) is -5.22. The number of aryl methyl sites for hydroxylation is 1. The molecule has 0 aliphatic carbocycles. The van der Waals surface area contributed by atoms with Gasteiger partial charge >= 0.3 is 6.36 Å². The molecule has 0 spiro atoms. The number of aliphatic imine (C=N–C) groups is 1. The number of anilines is 2. The number of amides is 1. The van der Waals surface area contributed by atoms with Gasteiger partial charge in [-0.15, -0.1) is 18.3 Å². The number of aromatic nitrogens is 3. The highest BCUT2D eigenvalue weighted by molar-refractivity contribution is 8.15. The number of amidine groups is 1. The van der Waals surface area contributed by atoms with E-state index in [1.54, 1.807) is 0 Å². The second-order valence-corrected chi connectivity index (χ2v) is 11.3. The van der Waals surface area contributed by atoms with E-state index in [-0.39, 0.29) is 34.3 Å². The number of aliphatic hydroxyl groups is 1. The van der Waals surface area contributed by atoms with Crippen molar-refractivity contribution in [2.75, 3.05) is 16.0 Å². The van der Waals surface area contributed by atoms with Crippen LogP contribution in [-0.2, 0) is 11.4 Å². The molecule has 1 amide bonds. The van der Waals surface area contributed by atoms with Crippen molar-refractivity contribution in [1.29, 1.82) is 0 Å². The Bertz CT molecular complexity index is 1740. The van der Waals surface area contributed by atoms with E-state index in [4.69, 9.17) is 4.74 Å². The number of thioether (sulfide) groups is 1. The molecule has 1 saturated heterocycles. The molecule has 1 aliphatic heterocycles. The number of hydrogen-bond acceptors (Lipinski definition) is 9. The lowest BCUT2D eigenvalue weighted by Crippen LogP contribution is -2.32. The highest BCUT2D eigenvalue weighted by Crippen LogP contribution is 2.35. The van der Waals surface area contributed by atoms with Crippen LogP contribution in [0.25, 0.3) is 5.69 Å². The second kappa shape index (κ2) is 13.3. The van der Waals surface area contributed by atoms with E-state index in [0.717, 1.165) is 47.2 Å². The summed E-state index contributed by atoms with van der Waals surface area (Å²) in [5.41, 5.74) is 2.73. The topological polar surface area (TPSA) is 114 Å². The first-order chi connectivity index (χ1) is 21.8. The van der Waals surface area contributed by atoms with E-state index in [1.807, 2.05) is 39.0 Å². The van der Waals surface area contributed by atoms with Crippen molar-refractivity contribution in [3.63, 3.8) is 0 Å². The smallest absolute Gasteiger partial charge is 0.479 e. The first kappa shape index (κ1) is 32.7. The summed E-state index contributed by atoms with van der Waals surface area (Å²) in [6.45, 7) is 5.46. The van der Waals surface area contributed by atoms with E-state index in [1.165, 1.54) is 28.0 Å². The number of carbonyl (C=O) groups is 1. The molecule has 2 heterocycles. The van der Waals surface area contributed by atoms with Crippen molar-refractivity contribution in [3.8, 4) is 17.2 Å². The fourth-order valence-corrected chi connectivity index (χ4v) is 5.41. The highest BCUT2D eigenvalue weighted by atomic mass is 32.2. The van der Waals surface area contributed by atoms with Crippen LogP contribution in [0, 0.1) is 18.6 Å². The standard InChI is InChI=1S/C30H27F5N6O4S/c1-16(2)21-9-4-17(3)10-24(21)41-26(42)14-46-29(41)38-28(43)37-18-11-22(31)27(23(32)12-18)44-13-25-36-15-40(39-25)19-5-7-20(8-6-19)45-30(33,34)35/h4-12,15-16,28,37,43H,13-14H2,1-3H3. The summed E-state index contributed by atoms with van der Waals surface area (Å²) in [5.74, 6) is -3.27. The molecule has 0 radical (unpaired) electrons. The first-order valence-corrected chi connectivity index (χ1v) is 14.7. The van der Waals surface area contributed by atoms with Gasteiger partial charge < -0.3 is 19.9 Å². The number of halogens is 5. The van der Waals surface area contributed by atoms with Gasteiger partial charge in [-0.05, 0) is 54.3 Å². The summed E-state index contributed by atoms with van der Waals surface area (Å²) in [4.78, 5) is 22.4. The van der Waals surface area contributed by atoms with Crippen LogP contribution in [-0.4, -0.2) is 49.4 Å². The number of hydrogen-bond donors (Lipinski definition) is 2. The monoisotopic (exact) mass is 662 g/mol. The number of nitrogens with zero attached hydrogens (tertiary/aromatic N) is 5. The molecule has 16 heteroatoms. The molecule has 242 valence electrons. The molecule has 0 bridgehead atoms. The molecular formula is C30H27F5N6O4S. The third-order valence-electron chi connectivity index (χ3n) is 6.56. The Morgan fingerprint density at radius 1 is 1.09 bits per heavy atom. The average molecular weight is 663 g/mol. The Morgan fingerprint density at radius 3 is 2.43 bits per heavy atom. The highest BCUT2D eigenvalue weighted by Gasteiger charge is 2.33. The molecule has 4 aromatic rings. The van der Waals surface area contributed by atoms with Crippen molar-refractivity contribution in [3.05, 3.63) is 89.5 Å². The zero-order valence-corrected chi connectivity index (χ0v) is 25.4. The summed E-state index contributed by atoms with van der Waals surface area (Å²) in [6, 6.07) is 12.4. The quantitative estimate of drug-likeness (QED) is 0.151. The van der Waals surface area contributed by atoms with Gasteiger partial charge in [0.25, 0.3) is 0 Å². The van der Waals surface area contributed by atoms with E-state index in [9.17, 15) is 31.9 Å². The minimum atomic E-state index is -4.83. The Kier molecular flexibility index (Phi) is 9.48. The average Bonchev–Trinajstić information content (AvgIpc) is 3.58. The van der Waals surface area contributed by atoms with Crippen LogP contribution in [0.5, 0.6) is 11.5 Å². The Hall–Kier alpha value is -4.70. The second-order valence-electron chi connectivity index (χ2n) is 10.4. The molecule has 10 nitrogen and oxygen atoms in total. The maximum absolute atomic E-state index is 14.9. The maximum atomic E-state index is 14.9. The molecule has 1 aromatic heterocycles.